The van der Waals surface area contributed by atoms with Gasteiger partial charge in [-0.15, -0.1) is 0 Å². The molecule has 19 heavy (non-hydrogen) atoms. The van der Waals surface area contributed by atoms with Crippen LogP contribution in [0.25, 0.3) is 0 Å². The molecule has 0 radical (unpaired) electrons. The first-order valence-electron chi connectivity index (χ1n) is 5.69. The van der Waals surface area contributed by atoms with Crippen molar-refractivity contribution < 1.29 is 9.18 Å². The van der Waals surface area contributed by atoms with E-state index in [0.717, 1.165) is 9.13 Å². The van der Waals surface area contributed by atoms with Crippen molar-refractivity contribution in [2.75, 3.05) is 5.32 Å². The molecule has 2 aromatic carbocycles. The van der Waals surface area contributed by atoms with E-state index in [1.807, 2.05) is 52.9 Å². The number of benzene rings is 2. The fourth-order valence-corrected chi connectivity index (χ4v) is 1.99. The SMILES string of the molecule is O=C(NCc1ccccc1)Nc1ccc(I)cc1F. The molecule has 2 rings (SSSR count). The Morgan fingerprint density at radius 3 is 2.58 bits per heavy atom. The van der Waals surface area contributed by atoms with Crippen molar-refractivity contribution in [1.82, 2.24) is 5.32 Å². The first-order chi connectivity index (χ1) is 9.15. The number of halogens is 2. The second-order valence-corrected chi connectivity index (χ2v) is 5.16. The Morgan fingerprint density at radius 1 is 1.16 bits per heavy atom. The Labute approximate surface area is 124 Å². The van der Waals surface area contributed by atoms with Crippen molar-refractivity contribution >= 4 is 34.3 Å². The van der Waals surface area contributed by atoms with Crippen LogP contribution in [-0.2, 0) is 6.54 Å². The van der Waals surface area contributed by atoms with E-state index in [1.165, 1.54) is 6.07 Å². The van der Waals surface area contributed by atoms with Gasteiger partial charge in [0.2, 0.25) is 0 Å². The van der Waals surface area contributed by atoms with E-state index < -0.39 is 11.8 Å². The van der Waals surface area contributed by atoms with Gasteiger partial charge in [0, 0.05) is 10.1 Å². The average Bonchev–Trinajstić information content (AvgIpc) is 2.41. The third kappa shape index (κ3) is 4.20. The maximum atomic E-state index is 13.5. The summed E-state index contributed by atoms with van der Waals surface area (Å²) in [5.41, 5.74) is 1.16. The van der Waals surface area contributed by atoms with Crippen molar-refractivity contribution in [3.63, 3.8) is 0 Å². The predicted octanol–water partition coefficient (Wildman–Crippen LogP) is 3.75. The van der Waals surface area contributed by atoms with Gasteiger partial charge >= 0.3 is 6.03 Å². The summed E-state index contributed by atoms with van der Waals surface area (Å²) in [6.45, 7) is 0.401. The molecule has 0 atom stereocenters. The maximum Gasteiger partial charge on any atom is 0.319 e. The second kappa shape index (κ2) is 6.51. The van der Waals surface area contributed by atoms with Crippen LogP contribution in [0, 0.1) is 9.39 Å². The Bertz CT molecular complexity index is 575. The number of nitrogens with one attached hydrogen (secondary N) is 2. The summed E-state index contributed by atoms with van der Waals surface area (Å²) in [5.74, 6) is -0.443. The molecule has 2 aromatic rings. The standard InChI is InChI=1S/C14H12FIN2O/c15-12-8-11(16)6-7-13(12)18-14(19)17-9-10-4-2-1-3-5-10/h1-8H,9H2,(H2,17,18,19). The van der Waals surface area contributed by atoms with Gasteiger partial charge in [-0.05, 0) is 46.4 Å². The first kappa shape index (κ1) is 13.8. The van der Waals surface area contributed by atoms with Crippen LogP contribution in [0.5, 0.6) is 0 Å². The van der Waals surface area contributed by atoms with E-state index in [1.54, 1.807) is 12.1 Å². The molecule has 0 saturated carbocycles. The molecule has 0 fully saturated rings. The number of carbonyl (C=O) groups excluding carboxylic acids is 1. The van der Waals surface area contributed by atoms with E-state index >= 15 is 0 Å². The maximum absolute atomic E-state index is 13.5. The van der Waals surface area contributed by atoms with Crippen LogP contribution < -0.4 is 10.6 Å². The molecular formula is C14H12FIN2O. The summed E-state index contributed by atoms with van der Waals surface area (Å²) < 4.78 is 14.3. The summed E-state index contributed by atoms with van der Waals surface area (Å²) in [4.78, 5) is 11.6. The monoisotopic (exact) mass is 370 g/mol. The zero-order valence-corrected chi connectivity index (χ0v) is 12.1. The van der Waals surface area contributed by atoms with Gasteiger partial charge < -0.3 is 10.6 Å². The lowest BCUT2D eigenvalue weighted by molar-refractivity contribution is 0.251. The van der Waals surface area contributed by atoms with Gasteiger partial charge in [-0.1, -0.05) is 30.3 Å². The second-order valence-electron chi connectivity index (χ2n) is 3.92. The third-order valence-electron chi connectivity index (χ3n) is 2.48. The molecule has 0 unspecified atom stereocenters. The number of hydrogen-bond acceptors (Lipinski definition) is 1. The molecule has 0 aromatic heterocycles. The highest BCUT2D eigenvalue weighted by Gasteiger charge is 2.06. The smallest absolute Gasteiger partial charge is 0.319 e. The van der Waals surface area contributed by atoms with Gasteiger partial charge in [-0.3, -0.25) is 0 Å². The molecule has 3 nitrogen and oxygen atoms in total. The molecule has 0 aliphatic rings. The average molecular weight is 370 g/mol. The highest BCUT2D eigenvalue weighted by Crippen LogP contribution is 2.16. The van der Waals surface area contributed by atoms with E-state index in [4.69, 9.17) is 0 Å². The van der Waals surface area contributed by atoms with Gasteiger partial charge in [0.05, 0.1) is 5.69 Å². The zero-order chi connectivity index (χ0) is 13.7. The minimum absolute atomic E-state index is 0.172. The van der Waals surface area contributed by atoms with Crippen molar-refractivity contribution in [3.8, 4) is 0 Å². The normalized spacial score (nSPS) is 10.0. The lowest BCUT2D eigenvalue weighted by atomic mass is 10.2. The van der Waals surface area contributed by atoms with E-state index in [2.05, 4.69) is 10.6 Å². The van der Waals surface area contributed by atoms with Gasteiger partial charge in [0.25, 0.3) is 0 Å². The zero-order valence-electron chi connectivity index (χ0n) is 9.99. The largest absolute Gasteiger partial charge is 0.334 e. The van der Waals surface area contributed by atoms with E-state index in [9.17, 15) is 9.18 Å². The van der Waals surface area contributed by atoms with Gasteiger partial charge in [0.15, 0.2) is 0 Å². The number of urea groups is 1. The van der Waals surface area contributed by atoms with Crippen molar-refractivity contribution in [2.24, 2.45) is 0 Å². The fourth-order valence-electron chi connectivity index (χ4n) is 1.54. The highest BCUT2D eigenvalue weighted by atomic mass is 127. The highest BCUT2D eigenvalue weighted by molar-refractivity contribution is 14.1. The molecule has 0 spiro atoms. The molecule has 0 saturated heterocycles. The van der Waals surface area contributed by atoms with Gasteiger partial charge in [-0.2, -0.15) is 0 Å². The Hall–Kier alpha value is -1.63. The van der Waals surface area contributed by atoms with E-state index in [0.29, 0.717) is 6.54 Å². The lowest BCUT2D eigenvalue weighted by Gasteiger charge is -2.08. The number of rotatable bonds is 3. The molecule has 0 aliphatic carbocycles. The van der Waals surface area contributed by atoms with Crippen LogP contribution in [0.2, 0.25) is 0 Å². The van der Waals surface area contributed by atoms with Gasteiger partial charge in [-0.25, -0.2) is 9.18 Å². The van der Waals surface area contributed by atoms with Crippen molar-refractivity contribution in [1.29, 1.82) is 0 Å². The topological polar surface area (TPSA) is 41.1 Å². The molecule has 0 aliphatic heterocycles. The third-order valence-corrected chi connectivity index (χ3v) is 3.15. The van der Waals surface area contributed by atoms with Gasteiger partial charge in [0.1, 0.15) is 5.82 Å². The molecule has 5 heteroatoms. The molecule has 2 N–H and O–H groups in total. The Morgan fingerprint density at radius 2 is 1.89 bits per heavy atom. The summed E-state index contributed by atoms with van der Waals surface area (Å²) in [6.07, 6.45) is 0. The first-order valence-corrected chi connectivity index (χ1v) is 6.77. The van der Waals surface area contributed by atoms with Crippen molar-refractivity contribution in [2.45, 2.75) is 6.54 Å². The van der Waals surface area contributed by atoms with Crippen LogP contribution in [0.3, 0.4) is 0 Å². The van der Waals surface area contributed by atoms with Crippen LogP contribution in [0.4, 0.5) is 14.9 Å². The quantitative estimate of drug-likeness (QED) is 0.794. The number of hydrogen-bond donors (Lipinski definition) is 2. The molecule has 0 heterocycles. The minimum Gasteiger partial charge on any atom is -0.334 e. The van der Waals surface area contributed by atoms with Crippen LogP contribution in [0.15, 0.2) is 48.5 Å². The van der Waals surface area contributed by atoms with E-state index in [-0.39, 0.29) is 5.69 Å². The lowest BCUT2D eigenvalue weighted by Crippen LogP contribution is -2.28. The number of amides is 2. The fraction of sp³-hybridized carbons (Fsp3) is 0.0714. The minimum atomic E-state index is -0.443. The van der Waals surface area contributed by atoms with Crippen molar-refractivity contribution in [3.05, 3.63) is 63.5 Å². The van der Waals surface area contributed by atoms with Crippen LogP contribution >= 0.6 is 22.6 Å². The summed E-state index contributed by atoms with van der Waals surface area (Å²) >= 11 is 2.01. The van der Waals surface area contributed by atoms with Crippen LogP contribution in [-0.4, -0.2) is 6.03 Å². The number of anilines is 1. The number of carbonyl (C=O) groups is 1. The molecule has 0 bridgehead atoms. The molecular weight excluding hydrogens is 358 g/mol. The summed E-state index contributed by atoms with van der Waals surface area (Å²) in [7, 11) is 0. The van der Waals surface area contributed by atoms with Crippen LogP contribution in [0.1, 0.15) is 5.56 Å². The summed E-state index contributed by atoms with van der Waals surface area (Å²) in [5, 5.41) is 5.15. The Balaban J connectivity index is 1.91. The summed E-state index contributed by atoms with van der Waals surface area (Å²) in [6, 6.07) is 13.7. The Kier molecular flexibility index (Phi) is 4.73. The molecule has 2 amide bonds. The predicted molar refractivity (Wildman–Crippen MR) is 81.4 cm³/mol. The molecule has 98 valence electrons.